The second-order valence-electron chi connectivity index (χ2n) is 4.37. The third-order valence-electron chi connectivity index (χ3n) is 2.84. The van der Waals surface area contributed by atoms with Gasteiger partial charge in [0.05, 0.1) is 5.88 Å². The summed E-state index contributed by atoms with van der Waals surface area (Å²) in [7, 11) is -2.28. The van der Waals surface area contributed by atoms with Gasteiger partial charge in [-0.15, -0.1) is 11.6 Å². The number of sulfonamides is 1. The smallest absolute Gasteiger partial charge is 0.247 e. The molecule has 1 heterocycles. The highest BCUT2D eigenvalue weighted by atomic mass is 79.9. The molecule has 0 amide bonds. The number of halogens is 3. The summed E-state index contributed by atoms with van der Waals surface area (Å²) in [5, 5.41) is 0. The van der Waals surface area contributed by atoms with Crippen LogP contribution >= 0.6 is 27.5 Å². The molecule has 0 spiro atoms. The summed E-state index contributed by atoms with van der Waals surface area (Å²) in [6.45, 7) is 0.121. The molecule has 4 nitrogen and oxygen atoms in total. The second-order valence-corrected chi connectivity index (χ2v) is 7.37. The van der Waals surface area contributed by atoms with E-state index in [2.05, 4.69) is 15.9 Å². The van der Waals surface area contributed by atoms with Crippen LogP contribution in [0.1, 0.15) is 11.3 Å². The minimum absolute atomic E-state index is 0.0164. The van der Waals surface area contributed by atoms with Gasteiger partial charge in [0, 0.05) is 19.7 Å². The Morgan fingerprint density at radius 2 is 1.95 bits per heavy atom. The zero-order valence-electron chi connectivity index (χ0n) is 11.0. The van der Waals surface area contributed by atoms with Gasteiger partial charge in [0.15, 0.2) is 4.67 Å². The summed E-state index contributed by atoms with van der Waals surface area (Å²) < 4.78 is 44.3. The van der Waals surface area contributed by atoms with Crippen molar-refractivity contribution in [3.8, 4) is 0 Å². The quantitative estimate of drug-likeness (QED) is 0.723. The van der Waals surface area contributed by atoms with Gasteiger partial charge in [-0.05, 0) is 33.6 Å². The van der Waals surface area contributed by atoms with Crippen molar-refractivity contribution in [3.63, 3.8) is 0 Å². The molecule has 0 unspecified atom stereocenters. The van der Waals surface area contributed by atoms with Gasteiger partial charge in [0.25, 0.3) is 0 Å². The molecule has 0 bridgehead atoms. The van der Waals surface area contributed by atoms with E-state index in [0.29, 0.717) is 11.3 Å². The van der Waals surface area contributed by atoms with Crippen LogP contribution in [0.15, 0.2) is 44.3 Å². The summed E-state index contributed by atoms with van der Waals surface area (Å²) >= 11 is 8.70. The van der Waals surface area contributed by atoms with Crippen molar-refractivity contribution >= 4 is 37.6 Å². The molecule has 0 aliphatic heterocycles. The van der Waals surface area contributed by atoms with E-state index in [1.807, 2.05) is 0 Å². The van der Waals surface area contributed by atoms with Gasteiger partial charge in [-0.1, -0.05) is 12.1 Å². The lowest BCUT2D eigenvalue weighted by atomic mass is 10.2. The van der Waals surface area contributed by atoms with Crippen LogP contribution in [-0.2, 0) is 22.4 Å². The zero-order chi connectivity index (χ0) is 15.6. The lowest BCUT2D eigenvalue weighted by Crippen LogP contribution is -2.26. The summed E-state index contributed by atoms with van der Waals surface area (Å²) in [6.07, 6.45) is 0. The maximum Gasteiger partial charge on any atom is 0.247 e. The van der Waals surface area contributed by atoms with E-state index in [9.17, 15) is 12.8 Å². The fourth-order valence-electron chi connectivity index (χ4n) is 1.74. The predicted octanol–water partition coefficient (Wildman–Crippen LogP) is 3.74. The van der Waals surface area contributed by atoms with Crippen LogP contribution in [0.3, 0.4) is 0 Å². The van der Waals surface area contributed by atoms with E-state index in [-0.39, 0.29) is 27.8 Å². The Balaban J connectivity index is 2.25. The van der Waals surface area contributed by atoms with E-state index in [4.69, 9.17) is 16.0 Å². The summed E-state index contributed by atoms with van der Waals surface area (Å²) in [6, 6.07) is 7.03. The first-order valence-corrected chi connectivity index (χ1v) is 8.66. The normalized spacial score (nSPS) is 12.0. The number of alkyl halides is 1. The molecule has 0 aliphatic carbocycles. The van der Waals surface area contributed by atoms with Gasteiger partial charge in [-0.2, -0.15) is 4.31 Å². The van der Waals surface area contributed by atoms with Crippen molar-refractivity contribution in [2.45, 2.75) is 17.3 Å². The molecular weight excluding hydrogens is 385 g/mol. The van der Waals surface area contributed by atoms with Crippen molar-refractivity contribution in [1.29, 1.82) is 0 Å². The monoisotopic (exact) mass is 395 g/mol. The number of furan rings is 1. The average Bonchev–Trinajstić information content (AvgIpc) is 2.83. The topological polar surface area (TPSA) is 50.5 Å². The maximum absolute atomic E-state index is 12.9. The van der Waals surface area contributed by atoms with Crippen LogP contribution in [0.4, 0.5) is 4.39 Å². The SMILES string of the molecule is CN(Cc1ccc(F)cc1)S(=O)(=O)c1cc(CCl)oc1Br. The maximum atomic E-state index is 12.9. The molecule has 2 rings (SSSR count). The highest BCUT2D eigenvalue weighted by Crippen LogP contribution is 2.29. The van der Waals surface area contributed by atoms with E-state index in [0.717, 1.165) is 4.31 Å². The third-order valence-corrected chi connectivity index (χ3v) is 5.77. The largest absolute Gasteiger partial charge is 0.452 e. The molecule has 1 aromatic carbocycles. The Morgan fingerprint density at radius 3 is 2.48 bits per heavy atom. The highest BCUT2D eigenvalue weighted by molar-refractivity contribution is 9.10. The van der Waals surface area contributed by atoms with Crippen LogP contribution in [0.25, 0.3) is 0 Å². The average molecular weight is 397 g/mol. The van der Waals surface area contributed by atoms with E-state index >= 15 is 0 Å². The molecule has 0 atom stereocenters. The summed E-state index contributed by atoms with van der Waals surface area (Å²) in [5.74, 6) is 0.0707. The van der Waals surface area contributed by atoms with Crippen molar-refractivity contribution in [1.82, 2.24) is 4.31 Å². The molecule has 0 aliphatic rings. The van der Waals surface area contributed by atoms with Crippen LogP contribution < -0.4 is 0 Å². The fraction of sp³-hybridized carbons (Fsp3) is 0.231. The molecule has 0 fully saturated rings. The van der Waals surface area contributed by atoms with E-state index in [1.165, 1.54) is 37.4 Å². The molecule has 8 heteroatoms. The van der Waals surface area contributed by atoms with Gasteiger partial charge < -0.3 is 4.42 Å². The first kappa shape index (κ1) is 16.5. The van der Waals surface area contributed by atoms with Crippen molar-refractivity contribution in [3.05, 3.63) is 52.1 Å². The van der Waals surface area contributed by atoms with Gasteiger partial charge in [-0.25, -0.2) is 12.8 Å². The van der Waals surface area contributed by atoms with Crippen LogP contribution in [0, 0.1) is 5.82 Å². The Labute approximate surface area is 135 Å². The Kier molecular flexibility index (Phi) is 5.08. The first-order chi connectivity index (χ1) is 9.84. The van der Waals surface area contributed by atoms with E-state index in [1.54, 1.807) is 0 Å². The van der Waals surface area contributed by atoms with E-state index < -0.39 is 10.0 Å². The highest BCUT2D eigenvalue weighted by Gasteiger charge is 2.27. The summed E-state index contributed by atoms with van der Waals surface area (Å²) in [4.78, 5) is 0.0164. The fourth-order valence-corrected chi connectivity index (χ4v) is 3.99. The Bertz CT molecular complexity index is 730. The molecule has 0 N–H and O–H groups in total. The lowest BCUT2D eigenvalue weighted by Gasteiger charge is -2.16. The molecule has 114 valence electrons. The van der Waals surface area contributed by atoms with Crippen molar-refractivity contribution in [2.75, 3.05) is 7.05 Å². The minimum atomic E-state index is -3.73. The molecule has 2 aromatic rings. The molecular formula is C13H12BrClFNO3S. The molecule has 0 radical (unpaired) electrons. The van der Waals surface area contributed by atoms with Gasteiger partial charge >= 0.3 is 0 Å². The number of rotatable bonds is 5. The number of hydrogen-bond donors (Lipinski definition) is 0. The number of nitrogens with zero attached hydrogens (tertiary/aromatic N) is 1. The standard InChI is InChI=1S/C13H12BrClFNO3S/c1-17(8-9-2-4-10(16)5-3-9)21(18,19)12-6-11(7-15)20-13(12)14/h2-6H,7-8H2,1H3. The Morgan fingerprint density at radius 1 is 1.33 bits per heavy atom. The summed E-state index contributed by atoms with van der Waals surface area (Å²) in [5.41, 5.74) is 0.680. The molecule has 0 saturated heterocycles. The molecule has 0 saturated carbocycles. The Hall–Kier alpha value is -0.890. The molecule has 1 aromatic heterocycles. The van der Waals surface area contributed by atoms with Crippen LogP contribution in [0.2, 0.25) is 0 Å². The second kappa shape index (κ2) is 6.48. The van der Waals surface area contributed by atoms with Gasteiger partial charge in [0.2, 0.25) is 10.0 Å². The van der Waals surface area contributed by atoms with Gasteiger partial charge in [0.1, 0.15) is 16.5 Å². The van der Waals surface area contributed by atoms with Crippen molar-refractivity contribution in [2.24, 2.45) is 0 Å². The minimum Gasteiger partial charge on any atom is -0.452 e. The first-order valence-electron chi connectivity index (χ1n) is 5.89. The van der Waals surface area contributed by atoms with Gasteiger partial charge in [-0.3, -0.25) is 0 Å². The number of benzene rings is 1. The molecule has 21 heavy (non-hydrogen) atoms. The van der Waals surface area contributed by atoms with Crippen LogP contribution in [-0.4, -0.2) is 19.8 Å². The van der Waals surface area contributed by atoms with Crippen LogP contribution in [0.5, 0.6) is 0 Å². The lowest BCUT2D eigenvalue weighted by molar-refractivity contribution is 0.460. The zero-order valence-corrected chi connectivity index (χ0v) is 14.2. The third kappa shape index (κ3) is 3.66. The predicted molar refractivity (Wildman–Crippen MR) is 81.0 cm³/mol. The number of hydrogen-bond acceptors (Lipinski definition) is 3. The van der Waals surface area contributed by atoms with Crippen molar-refractivity contribution < 1.29 is 17.2 Å².